The normalized spacial score (nSPS) is 44.7. The summed E-state index contributed by atoms with van der Waals surface area (Å²) in [5.41, 5.74) is 0.612. The van der Waals surface area contributed by atoms with Crippen molar-refractivity contribution in [3.63, 3.8) is 0 Å². The van der Waals surface area contributed by atoms with Gasteiger partial charge in [0.15, 0.2) is 0 Å². The van der Waals surface area contributed by atoms with E-state index in [4.69, 9.17) is 0 Å². The third kappa shape index (κ3) is 1.10. The van der Waals surface area contributed by atoms with Gasteiger partial charge >= 0.3 is 0 Å². The summed E-state index contributed by atoms with van der Waals surface area (Å²) in [6.45, 7) is 7.53. The molecule has 0 aliphatic carbocycles. The fourth-order valence-corrected chi connectivity index (χ4v) is 2.89. The molecule has 2 aliphatic rings. The Kier molecular flexibility index (Phi) is 1.71. The van der Waals surface area contributed by atoms with Gasteiger partial charge in [0.25, 0.3) is 0 Å². The molecule has 0 aromatic carbocycles. The molecule has 2 heterocycles. The summed E-state index contributed by atoms with van der Waals surface area (Å²) >= 11 is 0. The highest BCUT2D eigenvalue weighted by Crippen LogP contribution is 2.41. The lowest BCUT2D eigenvalue weighted by molar-refractivity contribution is 0.218. The summed E-state index contributed by atoms with van der Waals surface area (Å²) in [7, 11) is 0. The molecule has 0 aromatic heterocycles. The standard InChI is InChI=1S/C10H19N/c1-3-9-7-10(2)5-4-6-11(10)8-9/h9H,3-8H2,1-2H3. The number of hydrogen-bond acceptors (Lipinski definition) is 1. The Hall–Kier alpha value is -0.0400. The summed E-state index contributed by atoms with van der Waals surface area (Å²) in [5, 5.41) is 0. The lowest BCUT2D eigenvalue weighted by atomic mass is 9.91. The minimum atomic E-state index is 0.612. The third-order valence-corrected chi connectivity index (χ3v) is 3.69. The van der Waals surface area contributed by atoms with Crippen molar-refractivity contribution in [1.82, 2.24) is 4.90 Å². The van der Waals surface area contributed by atoms with Crippen molar-refractivity contribution in [2.75, 3.05) is 13.1 Å². The fraction of sp³-hybridized carbons (Fsp3) is 1.00. The fourth-order valence-electron chi connectivity index (χ4n) is 2.89. The van der Waals surface area contributed by atoms with E-state index in [0.29, 0.717) is 5.54 Å². The van der Waals surface area contributed by atoms with E-state index in [-0.39, 0.29) is 0 Å². The van der Waals surface area contributed by atoms with Crippen LogP contribution in [0.2, 0.25) is 0 Å². The summed E-state index contributed by atoms with van der Waals surface area (Å²) in [6, 6.07) is 0. The van der Waals surface area contributed by atoms with Crippen molar-refractivity contribution in [2.45, 2.75) is 45.1 Å². The first-order valence-electron chi connectivity index (χ1n) is 5.00. The van der Waals surface area contributed by atoms with Crippen molar-refractivity contribution in [3.8, 4) is 0 Å². The van der Waals surface area contributed by atoms with E-state index >= 15 is 0 Å². The van der Waals surface area contributed by atoms with Crippen molar-refractivity contribution < 1.29 is 0 Å². The molecule has 0 N–H and O–H groups in total. The molecule has 1 heteroatoms. The molecule has 0 aromatic rings. The Labute approximate surface area is 69.8 Å². The van der Waals surface area contributed by atoms with Crippen LogP contribution in [0.15, 0.2) is 0 Å². The maximum atomic E-state index is 2.71. The maximum absolute atomic E-state index is 2.71. The monoisotopic (exact) mass is 153 g/mol. The lowest BCUT2D eigenvalue weighted by Gasteiger charge is -2.26. The van der Waals surface area contributed by atoms with E-state index < -0.39 is 0 Å². The Morgan fingerprint density at radius 2 is 2.36 bits per heavy atom. The Morgan fingerprint density at radius 1 is 1.55 bits per heavy atom. The first kappa shape index (κ1) is 7.60. The Morgan fingerprint density at radius 3 is 3.00 bits per heavy atom. The average molecular weight is 153 g/mol. The van der Waals surface area contributed by atoms with E-state index in [9.17, 15) is 0 Å². The molecule has 0 saturated carbocycles. The van der Waals surface area contributed by atoms with Gasteiger partial charge in [-0.1, -0.05) is 13.3 Å². The Bertz CT molecular complexity index is 155. The molecule has 0 spiro atoms. The third-order valence-electron chi connectivity index (χ3n) is 3.69. The minimum absolute atomic E-state index is 0.612. The van der Waals surface area contributed by atoms with Gasteiger partial charge in [-0.2, -0.15) is 0 Å². The van der Waals surface area contributed by atoms with E-state index in [0.717, 1.165) is 5.92 Å². The molecule has 2 unspecified atom stereocenters. The van der Waals surface area contributed by atoms with E-state index in [1.807, 2.05) is 0 Å². The summed E-state index contributed by atoms with van der Waals surface area (Å²) in [5.74, 6) is 1.00. The van der Waals surface area contributed by atoms with Crippen LogP contribution in [0.4, 0.5) is 0 Å². The predicted octanol–water partition coefficient (Wildman–Crippen LogP) is 2.27. The van der Waals surface area contributed by atoms with Crippen molar-refractivity contribution in [1.29, 1.82) is 0 Å². The van der Waals surface area contributed by atoms with Crippen LogP contribution < -0.4 is 0 Å². The number of rotatable bonds is 1. The molecule has 1 nitrogen and oxygen atoms in total. The van der Waals surface area contributed by atoms with Crippen LogP contribution in [0, 0.1) is 5.92 Å². The molecular formula is C10H19N. The summed E-state index contributed by atoms with van der Waals surface area (Å²) < 4.78 is 0. The molecule has 0 bridgehead atoms. The van der Waals surface area contributed by atoms with Crippen molar-refractivity contribution in [2.24, 2.45) is 5.92 Å². The van der Waals surface area contributed by atoms with Crippen LogP contribution in [0.3, 0.4) is 0 Å². The van der Waals surface area contributed by atoms with Crippen LogP contribution in [0.5, 0.6) is 0 Å². The van der Waals surface area contributed by atoms with Crippen LogP contribution in [0.1, 0.15) is 39.5 Å². The number of nitrogens with zero attached hydrogens (tertiary/aromatic N) is 1. The largest absolute Gasteiger partial charge is 0.298 e. The SMILES string of the molecule is CCC1CN2CCCC2(C)C1. The van der Waals surface area contributed by atoms with Gasteiger partial charge < -0.3 is 0 Å². The van der Waals surface area contributed by atoms with Gasteiger partial charge in [0.05, 0.1) is 0 Å². The molecule has 11 heavy (non-hydrogen) atoms. The molecule has 0 radical (unpaired) electrons. The van der Waals surface area contributed by atoms with Crippen LogP contribution in [0.25, 0.3) is 0 Å². The smallest absolute Gasteiger partial charge is 0.0185 e. The van der Waals surface area contributed by atoms with E-state index in [2.05, 4.69) is 18.7 Å². The maximum Gasteiger partial charge on any atom is 0.0185 e. The molecule has 2 aliphatic heterocycles. The van der Waals surface area contributed by atoms with Crippen molar-refractivity contribution in [3.05, 3.63) is 0 Å². The molecule has 2 saturated heterocycles. The highest BCUT2D eigenvalue weighted by molar-refractivity contribution is 4.99. The van der Waals surface area contributed by atoms with Gasteiger partial charge in [0.1, 0.15) is 0 Å². The van der Waals surface area contributed by atoms with E-state index in [1.165, 1.54) is 38.8 Å². The zero-order valence-corrected chi connectivity index (χ0v) is 7.77. The second-order valence-corrected chi connectivity index (χ2v) is 4.52. The van der Waals surface area contributed by atoms with Gasteiger partial charge in [0, 0.05) is 12.1 Å². The Balaban J connectivity index is 2.06. The van der Waals surface area contributed by atoms with Gasteiger partial charge in [0.2, 0.25) is 0 Å². The van der Waals surface area contributed by atoms with E-state index in [1.54, 1.807) is 0 Å². The first-order valence-corrected chi connectivity index (χ1v) is 5.00. The van der Waals surface area contributed by atoms with Crippen LogP contribution in [-0.2, 0) is 0 Å². The average Bonchev–Trinajstić information content (AvgIpc) is 2.42. The number of hydrogen-bond donors (Lipinski definition) is 0. The van der Waals surface area contributed by atoms with Gasteiger partial charge in [-0.25, -0.2) is 0 Å². The number of fused-ring (bicyclic) bond motifs is 1. The highest BCUT2D eigenvalue weighted by Gasteiger charge is 2.43. The molecule has 64 valence electrons. The highest BCUT2D eigenvalue weighted by atomic mass is 15.2. The zero-order valence-electron chi connectivity index (χ0n) is 7.77. The predicted molar refractivity (Wildman–Crippen MR) is 47.6 cm³/mol. The topological polar surface area (TPSA) is 3.24 Å². The molecule has 0 amide bonds. The van der Waals surface area contributed by atoms with Gasteiger partial charge in [-0.05, 0) is 38.6 Å². The second-order valence-electron chi connectivity index (χ2n) is 4.52. The molecule has 2 rings (SSSR count). The zero-order chi connectivity index (χ0) is 7.90. The lowest BCUT2D eigenvalue weighted by Crippen LogP contribution is -2.34. The van der Waals surface area contributed by atoms with Crippen LogP contribution >= 0.6 is 0 Å². The van der Waals surface area contributed by atoms with Crippen LogP contribution in [-0.4, -0.2) is 23.5 Å². The summed E-state index contributed by atoms with van der Waals surface area (Å²) in [4.78, 5) is 2.71. The van der Waals surface area contributed by atoms with Gasteiger partial charge in [-0.3, -0.25) is 4.90 Å². The van der Waals surface area contributed by atoms with Crippen molar-refractivity contribution >= 4 is 0 Å². The minimum Gasteiger partial charge on any atom is -0.298 e. The quantitative estimate of drug-likeness (QED) is 0.558. The van der Waals surface area contributed by atoms with Gasteiger partial charge in [-0.15, -0.1) is 0 Å². The summed E-state index contributed by atoms with van der Waals surface area (Å²) in [6.07, 6.45) is 5.73. The molecule has 2 atom stereocenters. The second kappa shape index (κ2) is 2.48. The molecular weight excluding hydrogens is 134 g/mol. The first-order chi connectivity index (χ1) is 5.24. The molecule has 2 fully saturated rings.